The van der Waals surface area contributed by atoms with Gasteiger partial charge in [0.2, 0.25) is 0 Å². The van der Waals surface area contributed by atoms with Crippen molar-refractivity contribution in [3.63, 3.8) is 0 Å². The molecular formula is C16H24ClNOS. The first-order valence-corrected chi connectivity index (χ1v) is 9.05. The van der Waals surface area contributed by atoms with Crippen molar-refractivity contribution in [1.82, 2.24) is 5.32 Å². The van der Waals surface area contributed by atoms with E-state index < -0.39 is 0 Å². The molecule has 1 unspecified atom stereocenters. The van der Waals surface area contributed by atoms with E-state index in [2.05, 4.69) is 18.3 Å². The molecule has 0 spiro atoms. The molecule has 20 heavy (non-hydrogen) atoms. The summed E-state index contributed by atoms with van der Waals surface area (Å²) in [5.74, 6) is 1.26. The van der Waals surface area contributed by atoms with Crippen LogP contribution in [0.4, 0.5) is 0 Å². The molecule has 1 aromatic rings. The van der Waals surface area contributed by atoms with E-state index in [4.69, 9.17) is 11.6 Å². The first-order valence-electron chi connectivity index (χ1n) is 7.70. The lowest BCUT2D eigenvalue weighted by atomic mass is 10.0. The molecule has 1 amide bonds. The van der Waals surface area contributed by atoms with E-state index in [-0.39, 0.29) is 5.91 Å². The van der Waals surface area contributed by atoms with Gasteiger partial charge in [-0.1, -0.05) is 19.8 Å². The predicted molar refractivity (Wildman–Crippen MR) is 87.0 cm³/mol. The maximum Gasteiger partial charge on any atom is 0.261 e. The van der Waals surface area contributed by atoms with Gasteiger partial charge in [0, 0.05) is 17.3 Å². The fourth-order valence-corrected chi connectivity index (χ4v) is 4.19. The van der Waals surface area contributed by atoms with Gasteiger partial charge in [-0.15, -0.1) is 22.9 Å². The minimum Gasteiger partial charge on any atom is -0.351 e. The molecule has 0 saturated heterocycles. The number of carbonyl (C=O) groups is 1. The van der Waals surface area contributed by atoms with Crippen LogP contribution in [-0.4, -0.2) is 18.3 Å². The van der Waals surface area contributed by atoms with E-state index in [9.17, 15) is 4.79 Å². The lowest BCUT2D eigenvalue weighted by Crippen LogP contribution is -2.28. The minimum absolute atomic E-state index is 0.0936. The Bertz CT molecular complexity index is 420. The van der Waals surface area contributed by atoms with Crippen LogP contribution in [-0.2, 0) is 12.8 Å². The first-order chi connectivity index (χ1) is 9.74. The van der Waals surface area contributed by atoms with E-state index in [0.717, 1.165) is 37.1 Å². The summed E-state index contributed by atoms with van der Waals surface area (Å²) in [5.41, 5.74) is 1.41. The van der Waals surface area contributed by atoms with Gasteiger partial charge < -0.3 is 5.32 Å². The van der Waals surface area contributed by atoms with E-state index in [1.54, 1.807) is 11.3 Å². The third-order valence-electron chi connectivity index (χ3n) is 4.12. The highest BCUT2D eigenvalue weighted by Gasteiger charge is 2.17. The monoisotopic (exact) mass is 313 g/mol. The molecule has 0 bridgehead atoms. The van der Waals surface area contributed by atoms with Crippen molar-refractivity contribution in [3.05, 3.63) is 21.4 Å². The van der Waals surface area contributed by atoms with E-state index in [0.29, 0.717) is 11.8 Å². The number of thiophene rings is 1. The van der Waals surface area contributed by atoms with Crippen molar-refractivity contribution in [1.29, 1.82) is 0 Å². The molecule has 0 radical (unpaired) electrons. The Morgan fingerprint density at radius 3 is 2.95 bits per heavy atom. The number of halogens is 1. The fourth-order valence-electron chi connectivity index (χ4n) is 2.71. The summed E-state index contributed by atoms with van der Waals surface area (Å²) in [6.45, 7) is 2.89. The molecule has 112 valence electrons. The Morgan fingerprint density at radius 2 is 2.20 bits per heavy atom. The van der Waals surface area contributed by atoms with Crippen molar-refractivity contribution in [2.24, 2.45) is 5.92 Å². The lowest BCUT2D eigenvalue weighted by molar-refractivity contribution is 0.0950. The molecule has 0 aromatic carbocycles. The third kappa shape index (κ3) is 4.23. The zero-order valence-electron chi connectivity index (χ0n) is 12.2. The number of fused-ring (bicyclic) bond motifs is 1. The molecular weight excluding hydrogens is 290 g/mol. The summed E-state index contributed by atoms with van der Waals surface area (Å²) >= 11 is 7.47. The maximum atomic E-state index is 12.2. The third-order valence-corrected chi connectivity index (χ3v) is 5.57. The van der Waals surface area contributed by atoms with Gasteiger partial charge in [-0.05, 0) is 49.7 Å². The first kappa shape index (κ1) is 15.8. The summed E-state index contributed by atoms with van der Waals surface area (Å²) in [5, 5.41) is 3.07. The summed E-state index contributed by atoms with van der Waals surface area (Å²) < 4.78 is 0. The number of hydrogen-bond acceptors (Lipinski definition) is 2. The van der Waals surface area contributed by atoms with Gasteiger partial charge in [0.25, 0.3) is 5.91 Å². The molecule has 0 saturated carbocycles. The Labute approximate surface area is 130 Å². The highest BCUT2D eigenvalue weighted by molar-refractivity contribution is 7.14. The molecule has 1 heterocycles. The number of amides is 1. The van der Waals surface area contributed by atoms with Gasteiger partial charge in [-0.25, -0.2) is 0 Å². The quantitative estimate of drug-likeness (QED) is 0.612. The summed E-state index contributed by atoms with van der Waals surface area (Å²) in [4.78, 5) is 14.6. The van der Waals surface area contributed by atoms with Crippen molar-refractivity contribution in [2.75, 3.05) is 12.4 Å². The highest BCUT2D eigenvalue weighted by Crippen LogP contribution is 2.28. The zero-order chi connectivity index (χ0) is 14.4. The average molecular weight is 314 g/mol. The second-order valence-corrected chi connectivity index (χ2v) is 7.10. The summed E-state index contributed by atoms with van der Waals surface area (Å²) in [6, 6.07) is 2.11. The molecule has 2 nitrogen and oxygen atoms in total. The van der Waals surface area contributed by atoms with E-state index in [1.165, 1.54) is 29.7 Å². The van der Waals surface area contributed by atoms with Crippen LogP contribution < -0.4 is 5.32 Å². The second-order valence-electron chi connectivity index (χ2n) is 5.58. The van der Waals surface area contributed by atoms with Gasteiger partial charge in [0.05, 0.1) is 4.88 Å². The van der Waals surface area contributed by atoms with Crippen LogP contribution >= 0.6 is 22.9 Å². The number of nitrogens with one attached hydrogen (secondary N) is 1. The molecule has 4 heteroatoms. The number of aryl methyl sites for hydroxylation is 2. The molecule has 1 atom stereocenters. The van der Waals surface area contributed by atoms with Crippen molar-refractivity contribution < 1.29 is 4.79 Å². The van der Waals surface area contributed by atoms with Crippen molar-refractivity contribution in [2.45, 2.75) is 51.9 Å². The van der Waals surface area contributed by atoms with E-state index >= 15 is 0 Å². The van der Waals surface area contributed by atoms with E-state index in [1.807, 2.05) is 0 Å². The Hall–Kier alpha value is -0.540. The molecule has 0 aliphatic heterocycles. The number of alkyl halides is 1. The van der Waals surface area contributed by atoms with Gasteiger partial charge in [0.15, 0.2) is 0 Å². The van der Waals surface area contributed by atoms with Gasteiger partial charge in [-0.2, -0.15) is 0 Å². The van der Waals surface area contributed by atoms with Crippen molar-refractivity contribution >= 4 is 28.8 Å². The lowest BCUT2D eigenvalue weighted by Gasteiger charge is -2.13. The number of carbonyl (C=O) groups excluding carboxylic acids is 1. The van der Waals surface area contributed by atoms with Crippen LogP contribution in [0.2, 0.25) is 0 Å². The maximum absolute atomic E-state index is 12.2. The second kappa shape index (κ2) is 8.04. The molecule has 2 rings (SSSR count). The van der Waals surface area contributed by atoms with Crippen LogP contribution in [0.5, 0.6) is 0 Å². The normalized spacial score (nSPS) is 16.3. The molecule has 1 aliphatic rings. The molecule has 1 N–H and O–H groups in total. The van der Waals surface area contributed by atoms with Crippen LogP contribution in [0.15, 0.2) is 6.07 Å². The highest BCUT2D eigenvalue weighted by atomic mass is 35.5. The standard InChI is InChI=1S/C16H24ClNOS/c1-2-12(8-9-17)11-18-16(19)15-10-13-6-4-3-5-7-14(13)20-15/h10,12H,2-9,11H2,1H3,(H,18,19). The van der Waals surface area contributed by atoms with Crippen molar-refractivity contribution in [3.8, 4) is 0 Å². The minimum atomic E-state index is 0.0936. The Balaban J connectivity index is 1.92. The van der Waals surface area contributed by atoms with Crippen LogP contribution in [0.25, 0.3) is 0 Å². The average Bonchev–Trinajstić information content (AvgIpc) is 2.74. The molecule has 1 aromatic heterocycles. The predicted octanol–water partition coefficient (Wildman–Crippen LogP) is 4.40. The van der Waals surface area contributed by atoms with Crippen LogP contribution in [0.1, 0.15) is 59.1 Å². The van der Waals surface area contributed by atoms with Gasteiger partial charge >= 0.3 is 0 Å². The number of rotatable bonds is 6. The van der Waals surface area contributed by atoms with Gasteiger partial charge in [-0.3, -0.25) is 4.79 Å². The van der Waals surface area contributed by atoms with Crippen LogP contribution in [0.3, 0.4) is 0 Å². The SMILES string of the molecule is CCC(CCCl)CNC(=O)c1cc2c(s1)CCCCC2. The molecule has 1 aliphatic carbocycles. The molecule has 0 fully saturated rings. The number of hydrogen-bond donors (Lipinski definition) is 1. The van der Waals surface area contributed by atoms with Gasteiger partial charge in [0.1, 0.15) is 0 Å². The Kier molecular flexibility index (Phi) is 6.37. The fraction of sp³-hybridized carbons (Fsp3) is 0.688. The summed E-state index contributed by atoms with van der Waals surface area (Å²) in [6.07, 6.45) is 8.17. The largest absolute Gasteiger partial charge is 0.351 e. The summed E-state index contributed by atoms with van der Waals surface area (Å²) in [7, 11) is 0. The topological polar surface area (TPSA) is 29.1 Å². The Morgan fingerprint density at radius 1 is 1.40 bits per heavy atom. The smallest absolute Gasteiger partial charge is 0.261 e. The van der Waals surface area contributed by atoms with Crippen LogP contribution in [0, 0.1) is 5.92 Å². The zero-order valence-corrected chi connectivity index (χ0v) is 13.8.